The van der Waals surface area contributed by atoms with E-state index in [1.165, 1.54) is 11.8 Å². The van der Waals surface area contributed by atoms with E-state index in [1.807, 2.05) is 26.8 Å². The molecule has 0 aliphatic rings. The maximum atomic E-state index is 10.7. The van der Waals surface area contributed by atoms with Crippen molar-refractivity contribution in [3.63, 3.8) is 0 Å². The van der Waals surface area contributed by atoms with Gasteiger partial charge in [-0.1, -0.05) is 6.07 Å². The molecular formula is C16H17NO2. The molecule has 98 valence electrons. The molecule has 0 radical (unpaired) electrons. The van der Waals surface area contributed by atoms with Gasteiger partial charge in [0.15, 0.2) is 6.29 Å². The number of hydrogen-bond acceptors (Lipinski definition) is 3. The Hall–Kier alpha value is -2.16. The first-order valence-corrected chi connectivity index (χ1v) is 6.19. The minimum Gasteiger partial charge on any atom is -0.438 e. The lowest BCUT2D eigenvalue weighted by atomic mass is 10.1. The van der Waals surface area contributed by atoms with Gasteiger partial charge in [0, 0.05) is 17.3 Å². The van der Waals surface area contributed by atoms with Crippen molar-refractivity contribution < 1.29 is 9.53 Å². The molecule has 0 aliphatic heterocycles. The van der Waals surface area contributed by atoms with Crippen molar-refractivity contribution in [1.82, 2.24) is 4.98 Å². The fourth-order valence-corrected chi connectivity index (χ4v) is 1.97. The van der Waals surface area contributed by atoms with E-state index in [1.54, 1.807) is 6.07 Å². The molecule has 1 aromatic heterocycles. The highest BCUT2D eigenvalue weighted by Gasteiger charge is 2.08. The topological polar surface area (TPSA) is 39.2 Å². The monoisotopic (exact) mass is 255 g/mol. The number of carbonyl (C=O) groups is 1. The summed E-state index contributed by atoms with van der Waals surface area (Å²) in [5, 5.41) is 0. The third kappa shape index (κ3) is 2.81. The molecule has 19 heavy (non-hydrogen) atoms. The van der Waals surface area contributed by atoms with Gasteiger partial charge in [-0.15, -0.1) is 0 Å². The van der Waals surface area contributed by atoms with Crippen LogP contribution in [0, 0.1) is 27.7 Å². The second-order valence-corrected chi connectivity index (χ2v) is 4.82. The lowest BCUT2D eigenvalue weighted by Crippen LogP contribution is -1.96. The van der Waals surface area contributed by atoms with Crippen molar-refractivity contribution >= 4 is 6.29 Å². The average Bonchev–Trinajstić information content (AvgIpc) is 2.37. The number of ether oxygens (including phenoxy) is 1. The molecule has 1 aromatic carbocycles. The first kappa shape index (κ1) is 13.3. The zero-order chi connectivity index (χ0) is 14.0. The third-order valence-corrected chi connectivity index (χ3v) is 3.16. The van der Waals surface area contributed by atoms with Crippen molar-refractivity contribution in [2.75, 3.05) is 0 Å². The number of aryl methyl sites for hydroxylation is 3. The predicted molar refractivity (Wildman–Crippen MR) is 75.1 cm³/mol. The van der Waals surface area contributed by atoms with E-state index in [0.717, 1.165) is 28.7 Å². The van der Waals surface area contributed by atoms with Gasteiger partial charge in [-0.2, -0.15) is 0 Å². The number of nitrogens with zero attached hydrogens (tertiary/aromatic N) is 1. The zero-order valence-electron chi connectivity index (χ0n) is 11.7. The number of benzene rings is 1. The fraction of sp³-hybridized carbons (Fsp3) is 0.250. The van der Waals surface area contributed by atoms with Crippen molar-refractivity contribution in [3.8, 4) is 11.6 Å². The molecule has 3 heteroatoms. The van der Waals surface area contributed by atoms with E-state index in [4.69, 9.17) is 4.74 Å². The normalized spacial score (nSPS) is 10.3. The van der Waals surface area contributed by atoms with Crippen LogP contribution in [0.15, 0.2) is 24.4 Å². The van der Waals surface area contributed by atoms with Crippen LogP contribution >= 0.6 is 0 Å². The Morgan fingerprint density at radius 2 is 1.79 bits per heavy atom. The molecule has 0 saturated heterocycles. The van der Waals surface area contributed by atoms with E-state index >= 15 is 0 Å². The van der Waals surface area contributed by atoms with E-state index in [9.17, 15) is 4.79 Å². The predicted octanol–water partition coefficient (Wildman–Crippen LogP) is 3.92. The standard InChI is InChI=1S/C16H17NO2/c1-10-5-11(2)13(4)15(6-10)19-16-12(3)7-14(9-18)8-17-16/h5-9H,1-4H3. The molecule has 0 fully saturated rings. The molecular weight excluding hydrogens is 238 g/mol. The number of aldehydes is 1. The highest BCUT2D eigenvalue weighted by atomic mass is 16.5. The van der Waals surface area contributed by atoms with Crippen LogP contribution in [0.1, 0.15) is 32.6 Å². The first-order chi connectivity index (χ1) is 9.01. The van der Waals surface area contributed by atoms with Crippen LogP contribution in [0.5, 0.6) is 11.6 Å². The molecule has 2 rings (SSSR count). The van der Waals surface area contributed by atoms with Crippen LogP contribution in [0.25, 0.3) is 0 Å². The summed E-state index contributed by atoms with van der Waals surface area (Å²) in [6.07, 6.45) is 2.30. The second kappa shape index (κ2) is 5.22. The van der Waals surface area contributed by atoms with Crippen LogP contribution in [-0.2, 0) is 0 Å². The first-order valence-electron chi connectivity index (χ1n) is 6.19. The summed E-state index contributed by atoms with van der Waals surface area (Å²) in [5.74, 6) is 1.35. The summed E-state index contributed by atoms with van der Waals surface area (Å²) < 4.78 is 5.87. The van der Waals surface area contributed by atoms with Gasteiger partial charge in [0.1, 0.15) is 5.75 Å². The summed E-state index contributed by atoms with van der Waals surface area (Å²) in [6, 6.07) is 5.89. The Morgan fingerprint density at radius 1 is 1.05 bits per heavy atom. The molecule has 3 nitrogen and oxygen atoms in total. The molecule has 0 unspecified atom stereocenters. The van der Waals surface area contributed by atoms with Gasteiger partial charge in [0.25, 0.3) is 0 Å². The molecule has 1 heterocycles. The van der Waals surface area contributed by atoms with E-state index < -0.39 is 0 Å². The Morgan fingerprint density at radius 3 is 2.42 bits per heavy atom. The third-order valence-electron chi connectivity index (χ3n) is 3.16. The van der Waals surface area contributed by atoms with Crippen LogP contribution in [0.3, 0.4) is 0 Å². The number of carbonyl (C=O) groups excluding carboxylic acids is 1. The molecule has 0 bridgehead atoms. The van der Waals surface area contributed by atoms with Gasteiger partial charge >= 0.3 is 0 Å². The Bertz CT molecular complexity index is 633. The molecule has 2 aromatic rings. The van der Waals surface area contributed by atoms with Gasteiger partial charge in [-0.3, -0.25) is 4.79 Å². The maximum Gasteiger partial charge on any atom is 0.222 e. The molecule has 0 spiro atoms. The summed E-state index contributed by atoms with van der Waals surface area (Å²) in [5.41, 5.74) is 4.86. The number of pyridine rings is 1. The maximum absolute atomic E-state index is 10.7. The number of hydrogen-bond donors (Lipinski definition) is 0. The van der Waals surface area contributed by atoms with Crippen molar-refractivity contribution in [2.24, 2.45) is 0 Å². The Labute approximate surface area is 113 Å². The van der Waals surface area contributed by atoms with Crippen LogP contribution < -0.4 is 4.74 Å². The van der Waals surface area contributed by atoms with Crippen molar-refractivity contribution in [1.29, 1.82) is 0 Å². The lowest BCUT2D eigenvalue weighted by Gasteiger charge is -2.12. The molecule has 0 atom stereocenters. The van der Waals surface area contributed by atoms with Gasteiger partial charge in [0.05, 0.1) is 0 Å². The fourth-order valence-electron chi connectivity index (χ4n) is 1.97. The summed E-state index contributed by atoms with van der Waals surface area (Å²) in [4.78, 5) is 14.9. The lowest BCUT2D eigenvalue weighted by molar-refractivity contribution is 0.112. The van der Waals surface area contributed by atoms with Crippen molar-refractivity contribution in [2.45, 2.75) is 27.7 Å². The minimum atomic E-state index is 0.540. The zero-order valence-corrected chi connectivity index (χ0v) is 11.7. The van der Waals surface area contributed by atoms with Crippen molar-refractivity contribution in [3.05, 3.63) is 52.2 Å². The highest BCUT2D eigenvalue weighted by molar-refractivity contribution is 5.74. The molecule has 0 saturated carbocycles. The van der Waals surface area contributed by atoms with Crippen LogP contribution in [0.2, 0.25) is 0 Å². The van der Waals surface area contributed by atoms with Crippen LogP contribution in [-0.4, -0.2) is 11.3 Å². The van der Waals surface area contributed by atoms with Gasteiger partial charge in [0.2, 0.25) is 5.88 Å². The smallest absolute Gasteiger partial charge is 0.222 e. The van der Waals surface area contributed by atoms with Gasteiger partial charge in [-0.05, 0) is 56.5 Å². The van der Waals surface area contributed by atoms with E-state index in [0.29, 0.717) is 11.4 Å². The summed E-state index contributed by atoms with van der Waals surface area (Å²) in [7, 11) is 0. The molecule has 0 N–H and O–H groups in total. The number of aromatic nitrogens is 1. The SMILES string of the molecule is Cc1cc(C)c(C)c(Oc2ncc(C=O)cc2C)c1. The highest BCUT2D eigenvalue weighted by Crippen LogP contribution is 2.29. The Kier molecular flexibility index (Phi) is 3.65. The summed E-state index contributed by atoms with van der Waals surface area (Å²) >= 11 is 0. The van der Waals surface area contributed by atoms with Gasteiger partial charge in [-0.25, -0.2) is 4.98 Å². The largest absolute Gasteiger partial charge is 0.438 e. The van der Waals surface area contributed by atoms with Gasteiger partial charge < -0.3 is 4.74 Å². The molecule has 0 amide bonds. The molecule has 0 aliphatic carbocycles. The van der Waals surface area contributed by atoms with E-state index in [2.05, 4.69) is 18.0 Å². The number of rotatable bonds is 3. The summed E-state index contributed by atoms with van der Waals surface area (Å²) in [6.45, 7) is 8.01. The quantitative estimate of drug-likeness (QED) is 0.780. The minimum absolute atomic E-state index is 0.540. The van der Waals surface area contributed by atoms with Crippen LogP contribution in [0.4, 0.5) is 0 Å². The second-order valence-electron chi connectivity index (χ2n) is 4.82. The average molecular weight is 255 g/mol. The Balaban J connectivity index is 2.39. The van der Waals surface area contributed by atoms with E-state index in [-0.39, 0.29) is 0 Å².